The molecule has 0 aliphatic heterocycles. The average molecular weight is 250 g/mol. The van der Waals surface area contributed by atoms with Gasteiger partial charge in [0.1, 0.15) is 0 Å². The molecule has 0 amide bonds. The lowest BCUT2D eigenvalue weighted by atomic mass is 10.5. The highest BCUT2D eigenvalue weighted by Gasteiger charge is 2.24. The summed E-state index contributed by atoms with van der Waals surface area (Å²) in [6, 6.07) is 1.77. The fourth-order valence-electron chi connectivity index (χ4n) is 1.06. The van der Waals surface area contributed by atoms with Gasteiger partial charge in [-0.1, -0.05) is 0 Å². The molecule has 1 rings (SSSR count). The van der Waals surface area contributed by atoms with Gasteiger partial charge in [-0.2, -0.15) is 0 Å². The second kappa shape index (κ2) is 4.24. The first kappa shape index (κ1) is 12.1. The molecule has 0 radical (unpaired) electrons. The summed E-state index contributed by atoms with van der Waals surface area (Å²) in [7, 11) is -3.11. The molecule has 0 aliphatic rings. The lowest BCUT2D eigenvalue weighted by molar-refractivity contribution is 0.586. The minimum absolute atomic E-state index is 0.345. The summed E-state index contributed by atoms with van der Waals surface area (Å²) in [6.45, 7) is 5.36. The monoisotopic (exact) mass is 250 g/mol. The van der Waals surface area contributed by atoms with Gasteiger partial charge in [-0.3, -0.25) is 0 Å². The molecule has 80 valence electrons. The first-order valence-electron chi connectivity index (χ1n) is 4.28. The van der Waals surface area contributed by atoms with Crippen LogP contribution in [-0.2, 0) is 9.84 Å². The molecule has 1 aromatic rings. The zero-order valence-electron chi connectivity index (χ0n) is 8.70. The number of thiophene rings is 1. The van der Waals surface area contributed by atoms with Gasteiger partial charge < -0.3 is 0 Å². The number of thioether (sulfide) groups is 1. The quantitative estimate of drug-likeness (QED) is 0.773. The number of aryl methyl sites for hydroxylation is 1. The van der Waals surface area contributed by atoms with Gasteiger partial charge in [0.2, 0.25) is 0 Å². The Morgan fingerprint density at radius 2 is 2.00 bits per heavy atom. The summed E-state index contributed by atoms with van der Waals surface area (Å²) in [5.41, 5.74) is 0. The number of rotatable bonds is 3. The van der Waals surface area contributed by atoms with E-state index in [0.29, 0.717) is 4.90 Å². The number of hydrogen-bond donors (Lipinski definition) is 0. The van der Waals surface area contributed by atoms with Crippen LogP contribution in [0, 0.1) is 6.92 Å². The Bertz CT molecular complexity index is 415. The topological polar surface area (TPSA) is 34.1 Å². The van der Waals surface area contributed by atoms with Gasteiger partial charge in [0.15, 0.2) is 9.84 Å². The van der Waals surface area contributed by atoms with Crippen LogP contribution in [0.1, 0.15) is 18.7 Å². The van der Waals surface area contributed by atoms with Gasteiger partial charge in [-0.25, -0.2) is 8.42 Å². The van der Waals surface area contributed by atoms with Crippen LogP contribution in [0.2, 0.25) is 0 Å². The molecule has 0 saturated heterocycles. The van der Waals surface area contributed by atoms with Gasteiger partial charge in [0.05, 0.1) is 14.4 Å². The third-order valence-electron chi connectivity index (χ3n) is 1.90. The average Bonchev–Trinajstić information content (AvgIpc) is 2.46. The number of sulfone groups is 1. The first-order chi connectivity index (χ1) is 6.39. The zero-order chi connectivity index (χ0) is 10.9. The van der Waals surface area contributed by atoms with Crippen molar-refractivity contribution in [2.24, 2.45) is 0 Å². The second-order valence-electron chi connectivity index (χ2n) is 3.31. The largest absolute Gasteiger partial charge is 0.223 e. The van der Waals surface area contributed by atoms with Crippen molar-refractivity contribution in [2.45, 2.75) is 35.1 Å². The Kier molecular flexibility index (Phi) is 3.66. The lowest BCUT2D eigenvalue weighted by Crippen LogP contribution is -2.13. The maximum Gasteiger partial charge on any atom is 0.182 e. The van der Waals surface area contributed by atoms with E-state index in [4.69, 9.17) is 0 Å². The third kappa shape index (κ3) is 2.15. The Balaban J connectivity index is 3.32. The van der Waals surface area contributed by atoms with Crippen molar-refractivity contribution in [2.75, 3.05) is 6.26 Å². The fourth-order valence-corrected chi connectivity index (χ4v) is 4.91. The van der Waals surface area contributed by atoms with E-state index < -0.39 is 9.84 Å². The van der Waals surface area contributed by atoms with Gasteiger partial charge >= 0.3 is 0 Å². The van der Waals surface area contributed by atoms with Gasteiger partial charge in [0, 0.05) is 4.88 Å². The van der Waals surface area contributed by atoms with Crippen LogP contribution in [-0.4, -0.2) is 19.9 Å². The molecule has 2 nitrogen and oxygen atoms in total. The van der Waals surface area contributed by atoms with E-state index in [2.05, 4.69) is 0 Å². The molecule has 14 heavy (non-hydrogen) atoms. The Morgan fingerprint density at radius 1 is 1.43 bits per heavy atom. The molecule has 0 bridgehead atoms. The van der Waals surface area contributed by atoms with E-state index in [9.17, 15) is 8.42 Å². The Hall–Kier alpha value is -0.000000000000000111. The molecule has 0 N–H and O–H groups in total. The molecule has 1 heterocycles. The van der Waals surface area contributed by atoms with Gasteiger partial charge in [-0.05, 0) is 33.1 Å². The molecule has 1 aromatic heterocycles. The summed E-state index contributed by atoms with van der Waals surface area (Å²) >= 11 is 3.04. The summed E-state index contributed by atoms with van der Waals surface area (Å²) in [5, 5.41) is -0.345. The Morgan fingerprint density at radius 3 is 2.43 bits per heavy atom. The van der Waals surface area contributed by atoms with E-state index in [1.54, 1.807) is 31.3 Å². The summed E-state index contributed by atoms with van der Waals surface area (Å²) < 4.78 is 24.7. The van der Waals surface area contributed by atoms with Crippen LogP contribution in [0.25, 0.3) is 0 Å². The van der Waals surface area contributed by atoms with Gasteiger partial charge in [-0.15, -0.1) is 23.1 Å². The predicted molar refractivity (Wildman–Crippen MR) is 63.2 cm³/mol. The molecular formula is C9H14O2S3. The molecule has 0 atom stereocenters. The van der Waals surface area contributed by atoms with E-state index in [-0.39, 0.29) is 5.25 Å². The van der Waals surface area contributed by atoms with E-state index in [1.165, 1.54) is 11.8 Å². The standard InChI is InChI=1S/C9H14O2S3/c1-6(2)14(10,11)8-5-7(3)13-9(8)12-4/h5-6H,1-4H3. The van der Waals surface area contributed by atoms with E-state index in [0.717, 1.165) is 9.09 Å². The normalized spacial score (nSPS) is 12.4. The highest BCUT2D eigenvalue weighted by atomic mass is 32.2. The lowest BCUT2D eigenvalue weighted by Gasteiger charge is -2.06. The van der Waals surface area contributed by atoms with E-state index >= 15 is 0 Å². The van der Waals surface area contributed by atoms with Crippen LogP contribution in [0.15, 0.2) is 15.2 Å². The first-order valence-corrected chi connectivity index (χ1v) is 7.86. The van der Waals surface area contributed by atoms with Crippen molar-refractivity contribution in [3.05, 3.63) is 10.9 Å². The molecule has 5 heteroatoms. The maximum atomic E-state index is 11.9. The van der Waals surface area contributed by atoms with Crippen molar-refractivity contribution in [3.8, 4) is 0 Å². The zero-order valence-corrected chi connectivity index (χ0v) is 11.1. The van der Waals surface area contributed by atoms with Crippen molar-refractivity contribution in [1.82, 2.24) is 0 Å². The minimum Gasteiger partial charge on any atom is -0.223 e. The third-order valence-corrected chi connectivity index (χ3v) is 6.52. The highest BCUT2D eigenvalue weighted by Crippen LogP contribution is 2.35. The summed E-state index contributed by atoms with van der Waals surface area (Å²) in [4.78, 5) is 1.55. The smallest absolute Gasteiger partial charge is 0.182 e. The summed E-state index contributed by atoms with van der Waals surface area (Å²) in [6.07, 6.45) is 1.91. The SMILES string of the molecule is CSc1sc(C)cc1S(=O)(=O)C(C)C. The van der Waals surface area contributed by atoms with Crippen molar-refractivity contribution in [3.63, 3.8) is 0 Å². The molecule has 0 unspecified atom stereocenters. The predicted octanol–water partition coefficient (Wildman–Crippen LogP) is 2.96. The fraction of sp³-hybridized carbons (Fsp3) is 0.556. The highest BCUT2D eigenvalue weighted by molar-refractivity contribution is 8.01. The Labute approximate surface area is 93.6 Å². The second-order valence-corrected chi connectivity index (χ2v) is 8.11. The minimum atomic E-state index is -3.11. The van der Waals surface area contributed by atoms with Crippen molar-refractivity contribution >= 4 is 32.9 Å². The molecule has 0 spiro atoms. The molecule has 0 aliphatic carbocycles. The van der Waals surface area contributed by atoms with Crippen LogP contribution in [0.3, 0.4) is 0 Å². The summed E-state index contributed by atoms with van der Waals surface area (Å²) in [5.74, 6) is 0. The van der Waals surface area contributed by atoms with E-state index in [1.807, 2.05) is 13.2 Å². The molecular weight excluding hydrogens is 236 g/mol. The van der Waals surface area contributed by atoms with Gasteiger partial charge in [0.25, 0.3) is 0 Å². The number of hydrogen-bond acceptors (Lipinski definition) is 4. The molecule has 0 aromatic carbocycles. The van der Waals surface area contributed by atoms with Crippen molar-refractivity contribution in [1.29, 1.82) is 0 Å². The van der Waals surface area contributed by atoms with Crippen molar-refractivity contribution < 1.29 is 8.42 Å². The maximum absolute atomic E-state index is 11.9. The molecule has 0 saturated carbocycles. The van der Waals surface area contributed by atoms with Crippen LogP contribution in [0.5, 0.6) is 0 Å². The van der Waals surface area contributed by atoms with Crippen LogP contribution >= 0.6 is 23.1 Å². The van der Waals surface area contributed by atoms with Crippen LogP contribution < -0.4 is 0 Å². The van der Waals surface area contributed by atoms with Crippen LogP contribution in [0.4, 0.5) is 0 Å². The molecule has 0 fully saturated rings.